The molecule has 22 atom stereocenters. The van der Waals surface area contributed by atoms with E-state index in [1.165, 1.54) is 0 Å². The lowest BCUT2D eigenvalue weighted by Crippen LogP contribution is -2.70. The Morgan fingerprint density at radius 2 is 1.04 bits per heavy atom. The van der Waals surface area contributed by atoms with E-state index in [2.05, 4.69) is 0 Å². The van der Waals surface area contributed by atoms with Gasteiger partial charge in [0, 0.05) is 12.8 Å². The van der Waals surface area contributed by atoms with Gasteiger partial charge in [-0.2, -0.15) is 0 Å². The second kappa shape index (κ2) is 19.2. The van der Waals surface area contributed by atoms with Crippen molar-refractivity contribution in [2.24, 2.45) is 0 Å². The monoisotopic (exact) mass is 842 g/mol. The van der Waals surface area contributed by atoms with Gasteiger partial charge in [-0.1, -0.05) is 0 Å². The second-order valence-corrected chi connectivity index (χ2v) is 14.0. The summed E-state index contributed by atoms with van der Waals surface area (Å²) in [6.07, 6.45) is -45.8. The smallest absolute Gasteiger partial charge is 0.364 e. The molecule has 4 rings (SSSR count). The molecule has 0 amide bonds. The Labute approximate surface area is 320 Å². The first kappa shape index (κ1) is 47.7. The zero-order valence-electron chi connectivity index (χ0n) is 29.5. The van der Waals surface area contributed by atoms with E-state index in [9.17, 15) is 102 Å². The van der Waals surface area contributed by atoms with Crippen LogP contribution in [0.4, 0.5) is 0 Å². The van der Waals surface area contributed by atoms with Crippen LogP contribution >= 0.6 is 0 Å². The van der Waals surface area contributed by atoms with Crippen LogP contribution in [0.1, 0.15) is 12.8 Å². The normalized spacial score (nSPS) is 46.5. The fourth-order valence-electron chi connectivity index (χ4n) is 6.90. The standard InChI is InChI=1S/C30H50O27/c31-3-8(36)19-15(42)14(41)16(43)25(51-19)54-24-17(44)20(9(37)4-32)52-26(18(24)45)53-23-12(2-29(50,27(46)47)56-22(23)11(39)6-34)55-30(28(48)49)1-7(35)13(40)21(57-30)10(38)5-33/h7-26,31-45,50H,1-6H2,(H,46,47)(H,48,49)/t7-,8+,9+,10-,11-,12-,13-,14+,15+,16+,17-,18+,19-,20-,21-,22-,23-,24+,25-,26-,29-,30-/m1/s1. The van der Waals surface area contributed by atoms with Gasteiger partial charge < -0.3 is 125 Å². The molecule has 0 bridgehead atoms. The molecule has 0 aliphatic carbocycles. The van der Waals surface area contributed by atoms with Gasteiger partial charge in [-0.3, -0.25) is 0 Å². The molecule has 0 spiro atoms. The maximum Gasteiger partial charge on any atom is 0.364 e. The van der Waals surface area contributed by atoms with Gasteiger partial charge in [0.2, 0.25) is 0 Å². The van der Waals surface area contributed by atoms with E-state index in [1.807, 2.05) is 0 Å². The Morgan fingerprint density at radius 3 is 1.54 bits per heavy atom. The van der Waals surface area contributed by atoms with Crippen molar-refractivity contribution in [1.82, 2.24) is 0 Å². The Bertz CT molecular complexity index is 1330. The molecule has 0 unspecified atom stereocenters. The summed E-state index contributed by atoms with van der Waals surface area (Å²) in [5.74, 6) is -10.9. The third-order valence-corrected chi connectivity index (χ3v) is 10.1. The van der Waals surface area contributed by atoms with Crippen molar-refractivity contribution in [3.05, 3.63) is 0 Å². The zero-order valence-corrected chi connectivity index (χ0v) is 29.5. The predicted octanol–water partition coefficient (Wildman–Crippen LogP) is -11.3. The van der Waals surface area contributed by atoms with Gasteiger partial charge in [-0.15, -0.1) is 0 Å². The first-order chi connectivity index (χ1) is 26.6. The highest BCUT2D eigenvalue weighted by Crippen LogP contribution is 2.41. The number of aliphatic hydroxyl groups is 16. The van der Waals surface area contributed by atoms with E-state index in [0.29, 0.717) is 0 Å². The average molecular weight is 843 g/mol. The van der Waals surface area contributed by atoms with Crippen LogP contribution < -0.4 is 0 Å². The van der Waals surface area contributed by atoms with E-state index in [4.69, 9.17) is 33.2 Å². The van der Waals surface area contributed by atoms with Gasteiger partial charge in [0.25, 0.3) is 11.6 Å². The van der Waals surface area contributed by atoms with Crippen LogP contribution in [0.5, 0.6) is 0 Å². The van der Waals surface area contributed by atoms with Crippen LogP contribution in [0.15, 0.2) is 0 Å². The van der Waals surface area contributed by atoms with Crippen molar-refractivity contribution < 1.29 is 135 Å². The van der Waals surface area contributed by atoms with Crippen LogP contribution in [0, 0.1) is 0 Å². The lowest BCUT2D eigenvalue weighted by molar-refractivity contribution is -0.402. The van der Waals surface area contributed by atoms with E-state index in [-0.39, 0.29) is 0 Å². The highest BCUT2D eigenvalue weighted by atomic mass is 16.8. The first-order valence-corrected chi connectivity index (χ1v) is 17.4. The van der Waals surface area contributed by atoms with Gasteiger partial charge in [0.1, 0.15) is 97.7 Å². The lowest BCUT2D eigenvalue weighted by Gasteiger charge is -2.51. The Balaban J connectivity index is 1.77. The number of aliphatic carboxylic acids is 2. The predicted molar refractivity (Wildman–Crippen MR) is 168 cm³/mol. The van der Waals surface area contributed by atoms with Gasteiger partial charge >= 0.3 is 11.9 Å². The molecule has 18 N–H and O–H groups in total. The van der Waals surface area contributed by atoms with Crippen molar-refractivity contribution in [2.45, 2.75) is 147 Å². The van der Waals surface area contributed by atoms with Crippen molar-refractivity contribution in [2.75, 3.05) is 26.4 Å². The van der Waals surface area contributed by atoms with Crippen molar-refractivity contribution in [3.8, 4) is 0 Å². The minimum atomic E-state index is -3.42. The van der Waals surface area contributed by atoms with Crippen LogP contribution in [-0.2, 0) is 42.7 Å². The lowest BCUT2D eigenvalue weighted by atomic mass is 9.89. The molecule has 0 aromatic rings. The number of carboxylic acids is 2. The highest BCUT2D eigenvalue weighted by molar-refractivity contribution is 5.76. The summed E-state index contributed by atoms with van der Waals surface area (Å²) in [5.41, 5.74) is 0. The molecule has 4 aliphatic heterocycles. The number of carboxylic acid groups (broad SMARTS) is 2. The molecule has 27 nitrogen and oxygen atoms in total. The molecule has 4 fully saturated rings. The fourth-order valence-corrected chi connectivity index (χ4v) is 6.90. The molecular formula is C30H50O27. The molecule has 4 aliphatic rings. The minimum Gasteiger partial charge on any atom is -0.477 e. The number of carbonyl (C=O) groups is 2. The van der Waals surface area contributed by atoms with E-state index in [0.717, 1.165) is 0 Å². The first-order valence-electron chi connectivity index (χ1n) is 17.4. The van der Waals surface area contributed by atoms with E-state index >= 15 is 0 Å². The maximum absolute atomic E-state index is 12.8. The van der Waals surface area contributed by atoms with Gasteiger partial charge in [-0.25, -0.2) is 9.59 Å². The van der Waals surface area contributed by atoms with E-state index < -0.39 is 185 Å². The van der Waals surface area contributed by atoms with Gasteiger partial charge in [0.15, 0.2) is 12.6 Å². The molecule has 4 saturated heterocycles. The summed E-state index contributed by atoms with van der Waals surface area (Å²) in [6, 6.07) is 0. The molecule has 0 radical (unpaired) electrons. The molecule has 0 saturated carbocycles. The molecule has 0 aromatic carbocycles. The topological polar surface area (TPSA) is 463 Å². The number of hydrogen-bond donors (Lipinski definition) is 18. The highest BCUT2D eigenvalue weighted by Gasteiger charge is 2.62. The number of aliphatic hydroxyl groups excluding tert-OH is 15. The summed E-state index contributed by atoms with van der Waals surface area (Å²) in [6.45, 7) is -4.67. The Morgan fingerprint density at radius 1 is 0.561 bits per heavy atom. The van der Waals surface area contributed by atoms with Crippen LogP contribution in [0.25, 0.3) is 0 Å². The minimum absolute atomic E-state index is 1.04. The fraction of sp³-hybridized carbons (Fsp3) is 0.933. The second-order valence-electron chi connectivity index (χ2n) is 14.0. The van der Waals surface area contributed by atoms with E-state index in [1.54, 1.807) is 0 Å². The summed E-state index contributed by atoms with van der Waals surface area (Å²) in [4.78, 5) is 25.0. The quantitative estimate of drug-likeness (QED) is 0.0686. The van der Waals surface area contributed by atoms with Crippen molar-refractivity contribution in [3.63, 3.8) is 0 Å². The number of ether oxygens (including phenoxy) is 7. The Hall–Kier alpha value is -1.98. The van der Waals surface area contributed by atoms with Crippen LogP contribution in [0.2, 0.25) is 0 Å². The molecule has 332 valence electrons. The SMILES string of the molecule is O=C(O)[C@@]1(O[C@@H]2C[C@](O)(C(=O)O)O[C@H]([C@H](O)CO)[C@@H]2O[C@H]2O[C@H]([C@@H](O)CO)[C@@H](O)[C@H](O[C@H]3O[C@H]([C@@H](O)CO)[C@@H](O)[C@H](O)[C@@H]3O)[C@@H]2O)C[C@@H](O)[C@@H](O)[C@@H]([C@H](O)CO)O1. The third-order valence-electron chi connectivity index (χ3n) is 10.1. The van der Waals surface area contributed by atoms with Crippen molar-refractivity contribution >= 4 is 11.9 Å². The van der Waals surface area contributed by atoms with Gasteiger partial charge in [0.05, 0.1) is 38.6 Å². The number of rotatable bonds is 16. The molecule has 4 heterocycles. The maximum atomic E-state index is 12.8. The van der Waals surface area contributed by atoms with Crippen LogP contribution in [0.3, 0.4) is 0 Å². The average Bonchev–Trinajstić information content (AvgIpc) is 3.17. The number of hydrogen-bond acceptors (Lipinski definition) is 25. The molecule has 27 heteroatoms. The van der Waals surface area contributed by atoms with Crippen LogP contribution in [-0.4, -0.2) is 264 Å². The van der Waals surface area contributed by atoms with Crippen molar-refractivity contribution in [1.29, 1.82) is 0 Å². The van der Waals surface area contributed by atoms with Gasteiger partial charge in [-0.05, 0) is 0 Å². The molecule has 57 heavy (non-hydrogen) atoms. The third kappa shape index (κ3) is 9.66. The molecular weight excluding hydrogens is 792 g/mol. The summed E-state index contributed by atoms with van der Waals surface area (Å²) >= 11 is 0. The molecule has 0 aromatic heterocycles. The summed E-state index contributed by atoms with van der Waals surface area (Å²) in [7, 11) is 0. The zero-order chi connectivity index (χ0) is 42.9. The Kier molecular flexibility index (Phi) is 16.0. The summed E-state index contributed by atoms with van der Waals surface area (Å²) in [5, 5.41) is 186. The largest absolute Gasteiger partial charge is 0.477 e. The summed E-state index contributed by atoms with van der Waals surface area (Å²) < 4.78 is 38.3.